The zero-order valence-corrected chi connectivity index (χ0v) is 12.8. The topological polar surface area (TPSA) is 62.5 Å². The van der Waals surface area contributed by atoms with Crippen molar-refractivity contribution in [3.8, 4) is 0 Å². The molecule has 106 valence electrons. The van der Waals surface area contributed by atoms with Crippen LogP contribution in [0.2, 0.25) is 0 Å². The van der Waals surface area contributed by atoms with Crippen LogP contribution >= 0.6 is 15.9 Å². The van der Waals surface area contributed by atoms with Gasteiger partial charge in [-0.15, -0.1) is 0 Å². The number of halogens is 1. The van der Waals surface area contributed by atoms with Crippen molar-refractivity contribution in [1.29, 1.82) is 0 Å². The summed E-state index contributed by atoms with van der Waals surface area (Å²) in [5.41, 5.74) is 0.531. The molecule has 0 unspecified atom stereocenters. The first-order valence-electron chi connectivity index (χ1n) is 6.36. The Morgan fingerprint density at radius 2 is 2.05 bits per heavy atom. The van der Waals surface area contributed by atoms with E-state index in [-0.39, 0.29) is 12.5 Å². The third-order valence-corrected chi connectivity index (χ3v) is 3.09. The molecule has 1 heterocycles. The van der Waals surface area contributed by atoms with Crippen LogP contribution in [0.15, 0.2) is 16.7 Å². The Bertz CT molecular complexity index is 457. The Balaban J connectivity index is 2.97. The molecule has 0 spiro atoms. The van der Waals surface area contributed by atoms with Crippen LogP contribution in [0, 0.1) is 0 Å². The second kappa shape index (κ2) is 7.33. The number of carboxylic acid groups (broad SMARTS) is 1. The van der Waals surface area contributed by atoms with Crippen molar-refractivity contribution in [1.82, 2.24) is 9.47 Å². The molecule has 1 amide bonds. The second-order valence-corrected chi connectivity index (χ2v) is 5.27. The first-order chi connectivity index (χ1) is 8.99. The van der Waals surface area contributed by atoms with E-state index in [0.29, 0.717) is 12.2 Å². The van der Waals surface area contributed by atoms with Crippen LogP contribution in [0.25, 0.3) is 0 Å². The lowest BCUT2D eigenvalue weighted by atomic mass is 10.3. The van der Waals surface area contributed by atoms with Crippen LogP contribution in [0.4, 0.5) is 0 Å². The summed E-state index contributed by atoms with van der Waals surface area (Å²) >= 11 is 3.35. The number of nitrogens with zero attached hydrogens (tertiary/aromatic N) is 2. The Hall–Kier alpha value is -1.30. The normalized spacial score (nSPS) is 10.5. The van der Waals surface area contributed by atoms with Crippen LogP contribution in [-0.4, -0.2) is 39.5 Å². The third kappa shape index (κ3) is 4.38. The molecule has 0 aliphatic rings. The number of hydrogen-bond acceptors (Lipinski definition) is 2. The summed E-state index contributed by atoms with van der Waals surface area (Å²) in [6.45, 7) is 4.87. The Labute approximate surface area is 121 Å². The molecule has 0 aliphatic heterocycles. The zero-order valence-electron chi connectivity index (χ0n) is 11.2. The van der Waals surface area contributed by atoms with Gasteiger partial charge in [-0.1, -0.05) is 13.8 Å². The van der Waals surface area contributed by atoms with Crippen LogP contribution in [0.1, 0.15) is 37.2 Å². The fourth-order valence-corrected chi connectivity index (χ4v) is 2.39. The number of carbonyl (C=O) groups is 2. The zero-order chi connectivity index (χ0) is 14.4. The molecule has 1 rings (SSSR count). The molecule has 1 aromatic rings. The van der Waals surface area contributed by atoms with E-state index < -0.39 is 5.97 Å². The lowest BCUT2D eigenvalue weighted by Gasteiger charge is -2.20. The highest BCUT2D eigenvalue weighted by molar-refractivity contribution is 9.10. The monoisotopic (exact) mass is 330 g/mol. The van der Waals surface area contributed by atoms with Gasteiger partial charge < -0.3 is 14.6 Å². The van der Waals surface area contributed by atoms with Crippen LogP contribution in [-0.2, 0) is 11.3 Å². The first kappa shape index (κ1) is 15.8. The van der Waals surface area contributed by atoms with Crippen molar-refractivity contribution in [3.05, 3.63) is 22.4 Å². The fourth-order valence-electron chi connectivity index (χ4n) is 1.93. The van der Waals surface area contributed by atoms with E-state index >= 15 is 0 Å². The molecule has 0 radical (unpaired) electrons. The van der Waals surface area contributed by atoms with E-state index in [2.05, 4.69) is 15.9 Å². The SMILES string of the molecule is CCCN(CC(=O)O)C(=O)c1cc(Br)cn1CCC. The number of aryl methyl sites for hydroxylation is 1. The van der Waals surface area contributed by atoms with E-state index in [1.54, 1.807) is 6.07 Å². The highest BCUT2D eigenvalue weighted by Crippen LogP contribution is 2.17. The van der Waals surface area contributed by atoms with Gasteiger partial charge in [-0.25, -0.2) is 0 Å². The Kier molecular flexibility index (Phi) is 6.08. The summed E-state index contributed by atoms with van der Waals surface area (Å²) in [7, 11) is 0. The van der Waals surface area contributed by atoms with E-state index in [4.69, 9.17) is 5.11 Å². The van der Waals surface area contributed by atoms with Gasteiger partial charge in [-0.2, -0.15) is 0 Å². The smallest absolute Gasteiger partial charge is 0.323 e. The average Bonchev–Trinajstić information content (AvgIpc) is 2.69. The summed E-state index contributed by atoms with van der Waals surface area (Å²) in [4.78, 5) is 24.6. The van der Waals surface area contributed by atoms with E-state index in [9.17, 15) is 9.59 Å². The average molecular weight is 331 g/mol. The lowest BCUT2D eigenvalue weighted by molar-refractivity contribution is -0.137. The van der Waals surface area contributed by atoms with E-state index in [1.807, 2.05) is 24.6 Å². The van der Waals surface area contributed by atoms with Gasteiger partial charge in [-0.3, -0.25) is 9.59 Å². The number of aromatic nitrogens is 1. The summed E-state index contributed by atoms with van der Waals surface area (Å²) in [5, 5.41) is 8.87. The van der Waals surface area contributed by atoms with Gasteiger partial charge in [0.25, 0.3) is 5.91 Å². The maximum Gasteiger partial charge on any atom is 0.323 e. The molecule has 1 aromatic heterocycles. The largest absolute Gasteiger partial charge is 0.480 e. The van der Waals surface area contributed by atoms with Gasteiger partial charge in [0.05, 0.1) is 0 Å². The minimum absolute atomic E-state index is 0.233. The molecule has 1 N–H and O–H groups in total. The standard InChI is InChI=1S/C13H19BrN2O3/c1-3-5-15-8-10(14)7-11(15)13(19)16(6-4-2)9-12(17)18/h7-8H,3-6,9H2,1-2H3,(H,17,18). The molecule has 0 aliphatic carbocycles. The quantitative estimate of drug-likeness (QED) is 0.835. The minimum atomic E-state index is -0.991. The van der Waals surface area contributed by atoms with Gasteiger partial charge in [0.15, 0.2) is 0 Å². The second-order valence-electron chi connectivity index (χ2n) is 4.36. The van der Waals surface area contributed by atoms with Crippen molar-refractivity contribution in [2.24, 2.45) is 0 Å². The molecule has 0 fully saturated rings. The molecule has 19 heavy (non-hydrogen) atoms. The summed E-state index contributed by atoms with van der Waals surface area (Å²) < 4.78 is 2.69. The number of rotatable bonds is 7. The molecule has 0 saturated carbocycles. The summed E-state index contributed by atoms with van der Waals surface area (Å²) in [6, 6.07) is 1.74. The highest BCUT2D eigenvalue weighted by Gasteiger charge is 2.21. The predicted octanol–water partition coefficient (Wildman–Crippen LogP) is 2.60. The van der Waals surface area contributed by atoms with Gasteiger partial charge in [0.1, 0.15) is 12.2 Å². The molecular formula is C13H19BrN2O3. The predicted molar refractivity (Wildman–Crippen MR) is 76.3 cm³/mol. The number of amides is 1. The minimum Gasteiger partial charge on any atom is -0.480 e. The number of carboxylic acids is 1. The van der Waals surface area contributed by atoms with Crippen molar-refractivity contribution >= 4 is 27.8 Å². The molecule has 5 nitrogen and oxygen atoms in total. The van der Waals surface area contributed by atoms with E-state index in [1.165, 1.54) is 4.90 Å². The molecular weight excluding hydrogens is 312 g/mol. The van der Waals surface area contributed by atoms with Crippen LogP contribution < -0.4 is 0 Å². The molecule has 6 heteroatoms. The Morgan fingerprint density at radius 3 is 2.58 bits per heavy atom. The molecule has 0 saturated heterocycles. The van der Waals surface area contributed by atoms with Crippen LogP contribution in [0.5, 0.6) is 0 Å². The van der Waals surface area contributed by atoms with Crippen molar-refractivity contribution < 1.29 is 14.7 Å². The number of carbonyl (C=O) groups excluding carboxylic acids is 1. The highest BCUT2D eigenvalue weighted by atomic mass is 79.9. The molecule has 0 aromatic carbocycles. The fraction of sp³-hybridized carbons (Fsp3) is 0.538. The van der Waals surface area contributed by atoms with Gasteiger partial charge in [0, 0.05) is 23.8 Å². The maximum atomic E-state index is 12.4. The van der Waals surface area contributed by atoms with Crippen molar-refractivity contribution in [3.63, 3.8) is 0 Å². The molecule has 0 atom stereocenters. The third-order valence-electron chi connectivity index (χ3n) is 2.65. The lowest BCUT2D eigenvalue weighted by Crippen LogP contribution is -2.37. The summed E-state index contributed by atoms with van der Waals surface area (Å²) in [5.74, 6) is -1.22. The van der Waals surface area contributed by atoms with Gasteiger partial charge in [-0.05, 0) is 34.8 Å². The van der Waals surface area contributed by atoms with E-state index in [0.717, 1.165) is 23.9 Å². The first-order valence-corrected chi connectivity index (χ1v) is 7.15. The summed E-state index contributed by atoms with van der Waals surface area (Å²) in [6.07, 6.45) is 3.49. The number of aliphatic carboxylic acids is 1. The Morgan fingerprint density at radius 1 is 1.37 bits per heavy atom. The van der Waals surface area contributed by atoms with Crippen molar-refractivity contribution in [2.45, 2.75) is 33.2 Å². The van der Waals surface area contributed by atoms with Gasteiger partial charge in [0.2, 0.25) is 0 Å². The van der Waals surface area contributed by atoms with Crippen LogP contribution in [0.3, 0.4) is 0 Å². The molecule has 0 bridgehead atoms. The number of hydrogen-bond donors (Lipinski definition) is 1. The maximum absolute atomic E-state index is 12.4. The van der Waals surface area contributed by atoms with Crippen molar-refractivity contribution in [2.75, 3.05) is 13.1 Å². The van der Waals surface area contributed by atoms with Gasteiger partial charge >= 0.3 is 5.97 Å².